The minimum absolute atomic E-state index is 0.203. The fourth-order valence-electron chi connectivity index (χ4n) is 0.900. The number of carbonyl (C=O) groups is 1. The van der Waals surface area contributed by atoms with E-state index in [2.05, 4.69) is 4.42 Å². The molecule has 0 fully saturated rings. The molecule has 13 heavy (non-hydrogen) atoms. The molecule has 0 atom stereocenters. The molecule has 0 unspecified atom stereocenters. The maximum atomic E-state index is 12.1. The second kappa shape index (κ2) is 3.21. The van der Waals surface area contributed by atoms with Crippen LogP contribution in [0.25, 0.3) is 0 Å². The van der Waals surface area contributed by atoms with Crippen LogP contribution in [0.4, 0.5) is 13.2 Å². The third-order valence-corrected chi connectivity index (χ3v) is 1.42. The highest BCUT2D eigenvalue weighted by atomic mass is 19.4. The molecule has 0 radical (unpaired) electrons. The molecule has 0 bridgehead atoms. The fourth-order valence-corrected chi connectivity index (χ4v) is 0.900. The SMILES string of the molecule is NCc1cc(C=O)oc1C(F)(F)F. The van der Waals surface area contributed by atoms with Crippen molar-refractivity contribution in [2.24, 2.45) is 5.73 Å². The van der Waals surface area contributed by atoms with Gasteiger partial charge in [0, 0.05) is 12.1 Å². The Morgan fingerprint density at radius 2 is 2.15 bits per heavy atom. The van der Waals surface area contributed by atoms with Crippen LogP contribution < -0.4 is 5.73 Å². The summed E-state index contributed by atoms with van der Waals surface area (Å²) in [5.74, 6) is -1.56. The highest BCUT2D eigenvalue weighted by Crippen LogP contribution is 2.33. The first-order valence-corrected chi connectivity index (χ1v) is 3.34. The third-order valence-electron chi connectivity index (χ3n) is 1.42. The van der Waals surface area contributed by atoms with Crippen molar-refractivity contribution < 1.29 is 22.4 Å². The number of hydrogen-bond acceptors (Lipinski definition) is 3. The average Bonchev–Trinajstić information content (AvgIpc) is 2.46. The van der Waals surface area contributed by atoms with E-state index in [0.29, 0.717) is 0 Å². The first-order valence-electron chi connectivity index (χ1n) is 3.34. The van der Waals surface area contributed by atoms with Gasteiger partial charge in [-0.2, -0.15) is 13.2 Å². The lowest BCUT2D eigenvalue weighted by atomic mass is 10.2. The lowest BCUT2D eigenvalue weighted by Gasteiger charge is -2.03. The molecule has 72 valence electrons. The molecule has 0 saturated heterocycles. The van der Waals surface area contributed by atoms with Crippen molar-refractivity contribution >= 4 is 6.29 Å². The average molecular weight is 193 g/mol. The summed E-state index contributed by atoms with van der Waals surface area (Å²) in [7, 11) is 0. The lowest BCUT2D eigenvalue weighted by Crippen LogP contribution is -2.08. The van der Waals surface area contributed by atoms with Gasteiger partial charge in [-0.05, 0) is 6.07 Å². The van der Waals surface area contributed by atoms with E-state index in [4.69, 9.17) is 5.73 Å². The van der Waals surface area contributed by atoms with Crippen LogP contribution in [0.5, 0.6) is 0 Å². The smallest absolute Gasteiger partial charge is 0.448 e. The maximum absolute atomic E-state index is 12.1. The van der Waals surface area contributed by atoms with Crippen molar-refractivity contribution in [3.8, 4) is 0 Å². The predicted molar refractivity (Wildman–Crippen MR) is 37.0 cm³/mol. The van der Waals surface area contributed by atoms with Crippen LogP contribution in [0.2, 0.25) is 0 Å². The number of aldehydes is 1. The van der Waals surface area contributed by atoms with Gasteiger partial charge in [0.05, 0.1) is 0 Å². The molecule has 0 amide bonds. The molecule has 1 rings (SSSR count). The topological polar surface area (TPSA) is 56.2 Å². The van der Waals surface area contributed by atoms with E-state index in [-0.39, 0.29) is 24.2 Å². The largest absolute Gasteiger partial charge is 0.449 e. The molecule has 0 aliphatic carbocycles. The molecule has 1 aromatic rings. The number of rotatable bonds is 2. The summed E-state index contributed by atoms with van der Waals surface area (Å²) >= 11 is 0. The molecule has 0 spiro atoms. The van der Waals surface area contributed by atoms with Gasteiger partial charge in [-0.25, -0.2) is 0 Å². The number of carbonyl (C=O) groups excluding carboxylic acids is 1. The molecular formula is C7H6F3NO2. The monoisotopic (exact) mass is 193 g/mol. The zero-order chi connectivity index (χ0) is 10.1. The Kier molecular flexibility index (Phi) is 2.42. The number of nitrogens with two attached hydrogens (primary N) is 1. The second-order valence-electron chi connectivity index (χ2n) is 2.32. The summed E-state index contributed by atoms with van der Waals surface area (Å²) in [4.78, 5) is 10.1. The van der Waals surface area contributed by atoms with Gasteiger partial charge in [-0.15, -0.1) is 0 Å². The normalized spacial score (nSPS) is 11.7. The molecular weight excluding hydrogens is 187 g/mol. The Balaban J connectivity index is 3.19. The van der Waals surface area contributed by atoms with Crippen molar-refractivity contribution in [1.82, 2.24) is 0 Å². The highest BCUT2D eigenvalue weighted by molar-refractivity contribution is 5.71. The number of alkyl halides is 3. The van der Waals surface area contributed by atoms with E-state index < -0.39 is 11.9 Å². The molecule has 2 N–H and O–H groups in total. The van der Waals surface area contributed by atoms with E-state index in [0.717, 1.165) is 6.07 Å². The fraction of sp³-hybridized carbons (Fsp3) is 0.286. The van der Waals surface area contributed by atoms with E-state index >= 15 is 0 Å². The molecule has 0 saturated carbocycles. The van der Waals surface area contributed by atoms with Crippen molar-refractivity contribution in [1.29, 1.82) is 0 Å². The maximum Gasteiger partial charge on any atom is 0.449 e. The lowest BCUT2D eigenvalue weighted by molar-refractivity contribution is -0.153. The molecule has 0 aliphatic heterocycles. The van der Waals surface area contributed by atoms with Crippen LogP contribution >= 0.6 is 0 Å². The molecule has 3 nitrogen and oxygen atoms in total. The summed E-state index contributed by atoms with van der Waals surface area (Å²) in [6, 6.07) is 0.982. The van der Waals surface area contributed by atoms with Crippen LogP contribution in [0, 0.1) is 0 Å². The van der Waals surface area contributed by atoms with Gasteiger partial charge in [-0.1, -0.05) is 0 Å². The first-order chi connectivity index (χ1) is 5.99. The molecule has 0 aliphatic rings. The summed E-state index contributed by atoms with van der Waals surface area (Å²) < 4.78 is 40.6. The first kappa shape index (κ1) is 9.79. The van der Waals surface area contributed by atoms with Crippen molar-refractivity contribution in [3.05, 3.63) is 23.2 Å². The van der Waals surface area contributed by atoms with Gasteiger partial charge in [0.1, 0.15) is 0 Å². The van der Waals surface area contributed by atoms with E-state index in [1.54, 1.807) is 0 Å². The van der Waals surface area contributed by atoms with Gasteiger partial charge >= 0.3 is 6.18 Å². The standard InChI is InChI=1S/C7H6F3NO2/c8-7(9,10)6-4(2-11)1-5(3-12)13-6/h1,3H,2,11H2. The van der Waals surface area contributed by atoms with Crippen molar-refractivity contribution in [2.75, 3.05) is 0 Å². The summed E-state index contributed by atoms with van der Waals surface area (Å²) in [6.45, 7) is -0.313. The number of halogens is 3. The van der Waals surface area contributed by atoms with E-state index in [9.17, 15) is 18.0 Å². The zero-order valence-electron chi connectivity index (χ0n) is 6.39. The van der Waals surface area contributed by atoms with Gasteiger partial charge in [0.25, 0.3) is 0 Å². The Labute approximate surface area is 71.3 Å². The molecule has 6 heteroatoms. The molecule has 1 aromatic heterocycles. The van der Waals surface area contributed by atoms with Gasteiger partial charge in [0.2, 0.25) is 5.76 Å². The second-order valence-corrected chi connectivity index (χ2v) is 2.32. The van der Waals surface area contributed by atoms with E-state index in [1.807, 2.05) is 0 Å². The van der Waals surface area contributed by atoms with Crippen molar-refractivity contribution in [2.45, 2.75) is 12.7 Å². The van der Waals surface area contributed by atoms with E-state index in [1.165, 1.54) is 0 Å². The summed E-state index contributed by atoms with van der Waals surface area (Å²) in [5.41, 5.74) is 4.83. The van der Waals surface area contributed by atoms with Crippen LogP contribution in [-0.2, 0) is 12.7 Å². The van der Waals surface area contributed by atoms with Crippen LogP contribution in [0.3, 0.4) is 0 Å². The Morgan fingerprint density at radius 1 is 1.54 bits per heavy atom. The predicted octanol–water partition coefficient (Wildman–Crippen LogP) is 1.57. The highest BCUT2D eigenvalue weighted by Gasteiger charge is 2.37. The third kappa shape index (κ3) is 1.89. The molecule has 1 heterocycles. The van der Waals surface area contributed by atoms with Crippen LogP contribution in [0.15, 0.2) is 10.5 Å². The Bertz CT molecular complexity index is 316. The Hall–Kier alpha value is -1.30. The summed E-state index contributed by atoms with van der Waals surface area (Å²) in [5, 5.41) is 0. The minimum Gasteiger partial charge on any atom is -0.448 e. The van der Waals surface area contributed by atoms with Gasteiger partial charge in [-0.3, -0.25) is 4.79 Å². The number of hydrogen-bond donors (Lipinski definition) is 1. The Morgan fingerprint density at radius 3 is 2.46 bits per heavy atom. The van der Waals surface area contributed by atoms with Gasteiger partial charge < -0.3 is 10.2 Å². The molecule has 0 aromatic carbocycles. The number of furan rings is 1. The van der Waals surface area contributed by atoms with Gasteiger partial charge in [0.15, 0.2) is 12.0 Å². The quantitative estimate of drug-likeness (QED) is 0.725. The zero-order valence-corrected chi connectivity index (χ0v) is 6.39. The van der Waals surface area contributed by atoms with Crippen LogP contribution in [-0.4, -0.2) is 6.29 Å². The summed E-state index contributed by atoms with van der Waals surface area (Å²) in [6.07, 6.45) is -4.40. The minimum atomic E-state index is -4.60. The van der Waals surface area contributed by atoms with Crippen LogP contribution in [0.1, 0.15) is 21.9 Å². The van der Waals surface area contributed by atoms with Crippen molar-refractivity contribution in [3.63, 3.8) is 0 Å².